The minimum Gasteiger partial charge on any atom is -0.324 e. The number of hydrogen-bond donors (Lipinski definition) is 1. The van der Waals surface area contributed by atoms with Crippen LogP contribution in [0, 0.1) is 13.8 Å². The van der Waals surface area contributed by atoms with Crippen molar-refractivity contribution in [3.63, 3.8) is 0 Å². The third kappa shape index (κ3) is 3.92. The van der Waals surface area contributed by atoms with Crippen molar-refractivity contribution in [2.24, 2.45) is 0 Å². The summed E-state index contributed by atoms with van der Waals surface area (Å²) in [6.45, 7) is 5.74. The molecule has 3 aromatic carbocycles. The van der Waals surface area contributed by atoms with Crippen molar-refractivity contribution in [2.45, 2.75) is 46.1 Å². The number of carbonyl (C=O) groups is 1. The minimum absolute atomic E-state index is 0.329. The topological polar surface area (TPSA) is 66.5 Å². The molecule has 6 heteroatoms. The van der Waals surface area contributed by atoms with Crippen LogP contribution < -0.4 is 9.62 Å². The molecule has 0 spiro atoms. The number of hydrogen-bond acceptors (Lipinski definition) is 3. The van der Waals surface area contributed by atoms with Crippen LogP contribution in [0.3, 0.4) is 0 Å². The summed E-state index contributed by atoms with van der Waals surface area (Å²) in [5, 5.41) is 5.24. The molecule has 0 aromatic heterocycles. The van der Waals surface area contributed by atoms with E-state index in [9.17, 15) is 13.2 Å². The fourth-order valence-electron chi connectivity index (χ4n) is 4.49. The summed E-state index contributed by atoms with van der Waals surface area (Å²) in [4.78, 5) is 13.4. The van der Waals surface area contributed by atoms with Gasteiger partial charge in [0.15, 0.2) is 0 Å². The molecule has 0 unspecified atom stereocenters. The van der Waals surface area contributed by atoms with Crippen LogP contribution in [0.4, 0.5) is 11.4 Å². The second-order valence-corrected chi connectivity index (χ2v) is 10.2. The van der Waals surface area contributed by atoms with Crippen molar-refractivity contribution >= 4 is 38.1 Å². The van der Waals surface area contributed by atoms with E-state index >= 15 is 0 Å². The molecule has 1 aliphatic rings. The van der Waals surface area contributed by atoms with Gasteiger partial charge in [0.2, 0.25) is 15.9 Å². The molecule has 0 radical (unpaired) electrons. The maximum absolute atomic E-state index is 13.4. The predicted octanol–water partition coefficient (Wildman–Crippen LogP) is 4.74. The van der Waals surface area contributed by atoms with E-state index in [1.54, 1.807) is 6.07 Å². The monoisotopic (exact) mass is 436 g/mol. The number of carbonyl (C=O) groups excluding carboxylic acids is 1. The Morgan fingerprint density at radius 2 is 1.74 bits per heavy atom. The van der Waals surface area contributed by atoms with Crippen molar-refractivity contribution in [1.82, 2.24) is 0 Å². The van der Waals surface area contributed by atoms with Crippen LogP contribution in [0.2, 0.25) is 0 Å². The molecule has 0 saturated heterocycles. The van der Waals surface area contributed by atoms with Gasteiger partial charge in [0.25, 0.3) is 0 Å². The lowest BCUT2D eigenvalue weighted by Gasteiger charge is -2.30. The van der Waals surface area contributed by atoms with Gasteiger partial charge in [-0.2, -0.15) is 0 Å². The van der Waals surface area contributed by atoms with Gasteiger partial charge in [0, 0.05) is 11.1 Å². The largest absolute Gasteiger partial charge is 0.324 e. The average Bonchev–Trinajstić information content (AvgIpc) is 3.14. The quantitative estimate of drug-likeness (QED) is 0.607. The number of sulfonamides is 1. The maximum Gasteiger partial charge on any atom is 0.248 e. The highest BCUT2D eigenvalue weighted by Crippen LogP contribution is 2.35. The number of nitrogens with zero attached hydrogens (tertiary/aromatic N) is 1. The van der Waals surface area contributed by atoms with Crippen LogP contribution in [0.5, 0.6) is 0 Å². The standard InChI is InChI=1S/C25H28N2O3S/c1-5-23(27(31(4,29)30)20-13-9-16(2)17(3)15-20)25(28)26-22-14-12-19-11-10-18-7-6-8-21(22)24(18)19/h6-9,12-15,23H,5,10-11H2,1-4H3,(H,26,28)/t23-/m1/s1. The number of nitrogens with one attached hydrogen (secondary N) is 1. The van der Waals surface area contributed by atoms with Gasteiger partial charge in [-0.15, -0.1) is 0 Å². The normalized spacial score (nSPS) is 13.9. The highest BCUT2D eigenvalue weighted by Gasteiger charge is 2.32. The molecule has 31 heavy (non-hydrogen) atoms. The summed E-state index contributed by atoms with van der Waals surface area (Å²) in [6.07, 6.45) is 3.52. The van der Waals surface area contributed by atoms with Gasteiger partial charge < -0.3 is 5.32 Å². The minimum atomic E-state index is -3.67. The Kier molecular flexibility index (Phi) is 5.52. The molecule has 162 valence electrons. The third-order valence-corrected chi connectivity index (χ3v) is 7.39. The molecule has 3 aromatic rings. The van der Waals surface area contributed by atoms with E-state index in [1.807, 2.05) is 51.1 Å². The van der Waals surface area contributed by atoms with Crippen LogP contribution >= 0.6 is 0 Å². The van der Waals surface area contributed by atoms with Crippen molar-refractivity contribution in [3.05, 3.63) is 70.8 Å². The van der Waals surface area contributed by atoms with Gasteiger partial charge in [-0.1, -0.05) is 37.3 Å². The first-order valence-electron chi connectivity index (χ1n) is 10.6. The van der Waals surface area contributed by atoms with E-state index in [0.717, 1.165) is 41.3 Å². The third-order valence-electron chi connectivity index (χ3n) is 6.21. The van der Waals surface area contributed by atoms with Crippen molar-refractivity contribution in [3.8, 4) is 0 Å². The summed E-state index contributed by atoms with van der Waals surface area (Å²) in [7, 11) is -3.67. The molecular weight excluding hydrogens is 408 g/mol. The van der Waals surface area contributed by atoms with Gasteiger partial charge >= 0.3 is 0 Å². The van der Waals surface area contributed by atoms with E-state index in [1.165, 1.54) is 20.8 Å². The van der Waals surface area contributed by atoms with Gasteiger partial charge in [0.05, 0.1) is 11.9 Å². The van der Waals surface area contributed by atoms with E-state index in [4.69, 9.17) is 0 Å². The molecule has 5 nitrogen and oxygen atoms in total. The fourth-order valence-corrected chi connectivity index (χ4v) is 5.70. The molecule has 0 fully saturated rings. The number of rotatable bonds is 6. The van der Waals surface area contributed by atoms with Crippen LogP contribution in [0.25, 0.3) is 10.8 Å². The Hall–Kier alpha value is -2.86. The first-order chi connectivity index (χ1) is 14.7. The van der Waals surface area contributed by atoms with Crippen LogP contribution in [0.1, 0.15) is 35.6 Å². The van der Waals surface area contributed by atoms with Crippen molar-refractivity contribution < 1.29 is 13.2 Å². The predicted molar refractivity (Wildman–Crippen MR) is 127 cm³/mol. The number of amides is 1. The number of aryl methyl sites for hydroxylation is 4. The molecule has 1 atom stereocenters. The Balaban J connectivity index is 1.72. The summed E-state index contributed by atoms with van der Waals surface area (Å²) < 4.78 is 26.7. The molecule has 1 aliphatic carbocycles. The van der Waals surface area contributed by atoms with Gasteiger partial charge in [-0.3, -0.25) is 9.10 Å². The van der Waals surface area contributed by atoms with Gasteiger partial charge in [-0.05, 0) is 78.9 Å². The SMILES string of the molecule is CC[C@H](C(=O)Nc1ccc2c3c(cccc13)CC2)N(c1ccc(C)c(C)c1)S(C)(=O)=O. The lowest BCUT2D eigenvalue weighted by Crippen LogP contribution is -2.47. The zero-order valence-corrected chi connectivity index (χ0v) is 19.2. The molecule has 0 saturated carbocycles. The summed E-state index contributed by atoms with van der Waals surface area (Å²) in [6, 6.07) is 14.8. The Morgan fingerprint density at radius 1 is 1.03 bits per heavy atom. The van der Waals surface area contributed by atoms with Gasteiger partial charge in [0.1, 0.15) is 6.04 Å². The molecule has 0 bridgehead atoms. The lowest BCUT2D eigenvalue weighted by molar-refractivity contribution is -0.117. The van der Waals surface area contributed by atoms with Crippen LogP contribution in [-0.2, 0) is 27.7 Å². The highest BCUT2D eigenvalue weighted by atomic mass is 32.2. The van der Waals surface area contributed by atoms with E-state index in [2.05, 4.69) is 17.4 Å². The van der Waals surface area contributed by atoms with Crippen LogP contribution in [-0.4, -0.2) is 26.6 Å². The number of anilines is 2. The zero-order valence-electron chi connectivity index (χ0n) is 18.4. The summed E-state index contributed by atoms with van der Waals surface area (Å²) in [5.74, 6) is -0.329. The lowest BCUT2D eigenvalue weighted by atomic mass is 10.0. The molecule has 1 amide bonds. The Labute approximate surface area is 184 Å². The van der Waals surface area contributed by atoms with E-state index in [-0.39, 0.29) is 5.91 Å². The second kappa shape index (κ2) is 8.00. The van der Waals surface area contributed by atoms with Crippen molar-refractivity contribution in [1.29, 1.82) is 0 Å². The maximum atomic E-state index is 13.4. The zero-order chi connectivity index (χ0) is 22.3. The first kappa shape index (κ1) is 21.4. The second-order valence-electron chi connectivity index (χ2n) is 8.35. The van der Waals surface area contributed by atoms with Crippen LogP contribution in [0.15, 0.2) is 48.5 Å². The molecule has 0 heterocycles. The average molecular weight is 437 g/mol. The smallest absolute Gasteiger partial charge is 0.248 e. The van der Waals surface area contributed by atoms with Crippen molar-refractivity contribution in [2.75, 3.05) is 15.9 Å². The molecule has 0 aliphatic heterocycles. The van der Waals surface area contributed by atoms with E-state index in [0.29, 0.717) is 12.1 Å². The fraction of sp³-hybridized carbons (Fsp3) is 0.320. The molecule has 1 N–H and O–H groups in total. The summed E-state index contributed by atoms with van der Waals surface area (Å²) >= 11 is 0. The Morgan fingerprint density at radius 3 is 2.39 bits per heavy atom. The highest BCUT2D eigenvalue weighted by molar-refractivity contribution is 7.92. The van der Waals surface area contributed by atoms with Gasteiger partial charge in [-0.25, -0.2) is 8.42 Å². The summed E-state index contributed by atoms with van der Waals surface area (Å²) in [5.41, 5.74) is 5.87. The molecular formula is C25H28N2O3S. The Bertz CT molecular complexity index is 1270. The number of benzene rings is 3. The first-order valence-corrected chi connectivity index (χ1v) is 12.5. The molecule has 4 rings (SSSR count). The van der Waals surface area contributed by atoms with E-state index < -0.39 is 16.1 Å².